The molecule has 0 radical (unpaired) electrons. The second-order valence-corrected chi connectivity index (χ2v) is 6.25. The molecule has 0 saturated carbocycles. The maximum absolute atomic E-state index is 10.7. The highest BCUT2D eigenvalue weighted by atomic mass is 79.9. The first-order valence-corrected chi connectivity index (χ1v) is 7.31. The van der Waals surface area contributed by atoms with Gasteiger partial charge in [-0.15, -0.1) is 23.1 Å². The molecule has 1 aromatic heterocycles. The van der Waals surface area contributed by atoms with E-state index in [1.54, 1.807) is 11.8 Å². The van der Waals surface area contributed by atoms with Crippen molar-refractivity contribution in [3.8, 4) is 0 Å². The van der Waals surface area contributed by atoms with Gasteiger partial charge in [0.1, 0.15) is 9.88 Å². The van der Waals surface area contributed by atoms with Crippen LogP contribution < -0.4 is 0 Å². The quantitative estimate of drug-likeness (QED) is 0.864. The maximum atomic E-state index is 10.7. The van der Waals surface area contributed by atoms with Crippen molar-refractivity contribution in [3.05, 3.63) is 44.8 Å². The molecule has 1 N–H and O–H groups in total. The Balaban J connectivity index is 1.97. The number of thioether (sulfide) groups is 1. The zero-order valence-corrected chi connectivity index (χ0v) is 11.8. The summed E-state index contributed by atoms with van der Waals surface area (Å²) in [6, 6.07) is 7.99. The van der Waals surface area contributed by atoms with Gasteiger partial charge in [-0.2, -0.15) is 0 Å². The molecule has 1 heterocycles. The molecule has 6 heteroatoms. The molecule has 88 valence electrons. The molecule has 0 aliphatic carbocycles. The van der Waals surface area contributed by atoms with Crippen molar-refractivity contribution in [2.24, 2.45) is 0 Å². The molecule has 0 saturated heterocycles. The van der Waals surface area contributed by atoms with Gasteiger partial charge in [0.2, 0.25) is 0 Å². The second kappa shape index (κ2) is 5.66. The van der Waals surface area contributed by atoms with Crippen molar-refractivity contribution in [2.75, 3.05) is 0 Å². The van der Waals surface area contributed by atoms with E-state index >= 15 is 0 Å². The Morgan fingerprint density at radius 2 is 2.12 bits per heavy atom. The number of halogens is 1. The minimum Gasteiger partial charge on any atom is -0.477 e. The molecule has 0 spiro atoms. The summed E-state index contributed by atoms with van der Waals surface area (Å²) in [4.78, 5) is 16.2. The van der Waals surface area contributed by atoms with E-state index in [9.17, 15) is 4.79 Å². The lowest BCUT2D eigenvalue weighted by Crippen LogP contribution is -1.89. The van der Waals surface area contributed by atoms with Crippen molar-refractivity contribution in [2.45, 2.75) is 10.6 Å². The third-order valence-electron chi connectivity index (χ3n) is 1.94. The van der Waals surface area contributed by atoms with Crippen LogP contribution >= 0.6 is 39.0 Å². The van der Waals surface area contributed by atoms with Gasteiger partial charge < -0.3 is 5.11 Å². The fourth-order valence-electron chi connectivity index (χ4n) is 1.15. The number of nitrogens with zero attached hydrogens (tertiary/aromatic N) is 1. The Morgan fingerprint density at radius 1 is 1.41 bits per heavy atom. The SMILES string of the molecule is O=C(O)c1cnc(CSc2ccc(Br)cc2)s1. The summed E-state index contributed by atoms with van der Waals surface area (Å²) >= 11 is 6.24. The second-order valence-electron chi connectivity index (χ2n) is 3.17. The van der Waals surface area contributed by atoms with Crippen LogP contribution in [0.4, 0.5) is 0 Å². The predicted molar refractivity (Wildman–Crippen MR) is 72.8 cm³/mol. The van der Waals surface area contributed by atoms with E-state index in [0.717, 1.165) is 14.4 Å². The summed E-state index contributed by atoms with van der Waals surface area (Å²) in [5.41, 5.74) is 0. The molecule has 0 aliphatic rings. The molecule has 0 aliphatic heterocycles. The molecule has 0 amide bonds. The van der Waals surface area contributed by atoms with Crippen molar-refractivity contribution >= 4 is 45.0 Å². The molecule has 0 bridgehead atoms. The first-order chi connectivity index (χ1) is 8.15. The first kappa shape index (κ1) is 12.6. The maximum Gasteiger partial charge on any atom is 0.347 e. The summed E-state index contributed by atoms with van der Waals surface area (Å²) in [6.45, 7) is 0. The molecule has 17 heavy (non-hydrogen) atoms. The lowest BCUT2D eigenvalue weighted by Gasteiger charge is -1.98. The average Bonchev–Trinajstić information content (AvgIpc) is 2.77. The van der Waals surface area contributed by atoms with E-state index in [1.165, 1.54) is 17.5 Å². The molecule has 0 atom stereocenters. The number of rotatable bonds is 4. The van der Waals surface area contributed by atoms with Gasteiger partial charge in [0.25, 0.3) is 0 Å². The van der Waals surface area contributed by atoms with E-state index in [-0.39, 0.29) is 4.88 Å². The molecule has 0 unspecified atom stereocenters. The van der Waals surface area contributed by atoms with Crippen LogP contribution in [-0.4, -0.2) is 16.1 Å². The lowest BCUT2D eigenvalue weighted by molar-refractivity contribution is 0.0702. The van der Waals surface area contributed by atoms with E-state index in [1.807, 2.05) is 24.3 Å². The summed E-state index contributed by atoms with van der Waals surface area (Å²) in [5, 5.41) is 9.60. The Morgan fingerprint density at radius 3 is 2.71 bits per heavy atom. The van der Waals surface area contributed by atoms with Crippen LogP contribution in [0.2, 0.25) is 0 Å². The molecule has 2 rings (SSSR count). The Bertz CT molecular complexity index is 525. The van der Waals surface area contributed by atoms with Crippen LogP contribution in [0, 0.1) is 0 Å². The van der Waals surface area contributed by atoms with Gasteiger partial charge in [0, 0.05) is 9.37 Å². The summed E-state index contributed by atoms with van der Waals surface area (Å²) < 4.78 is 1.05. The van der Waals surface area contributed by atoms with Gasteiger partial charge in [-0.1, -0.05) is 15.9 Å². The third-order valence-corrected chi connectivity index (χ3v) is 4.66. The number of thiazole rings is 1. The fraction of sp³-hybridized carbons (Fsp3) is 0.0909. The highest BCUT2D eigenvalue weighted by Crippen LogP contribution is 2.26. The summed E-state index contributed by atoms with van der Waals surface area (Å²) in [5.74, 6) is -0.220. The summed E-state index contributed by atoms with van der Waals surface area (Å²) in [6.07, 6.45) is 1.41. The van der Waals surface area contributed by atoms with Gasteiger partial charge in [-0.05, 0) is 24.3 Å². The van der Waals surface area contributed by atoms with Gasteiger partial charge in [0.05, 0.1) is 11.9 Å². The number of hydrogen-bond donors (Lipinski definition) is 1. The number of benzene rings is 1. The molecular formula is C11H8BrNO2S2. The monoisotopic (exact) mass is 329 g/mol. The van der Waals surface area contributed by atoms with Crippen LogP contribution in [-0.2, 0) is 5.75 Å². The third kappa shape index (κ3) is 3.55. The number of hydrogen-bond acceptors (Lipinski definition) is 4. The number of carboxylic acids is 1. The van der Waals surface area contributed by atoms with Crippen molar-refractivity contribution < 1.29 is 9.90 Å². The molecule has 2 aromatic rings. The predicted octanol–water partition coefficient (Wildman–Crippen LogP) is 3.90. The van der Waals surface area contributed by atoms with Crippen LogP contribution in [0.5, 0.6) is 0 Å². The van der Waals surface area contributed by atoms with E-state index in [2.05, 4.69) is 20.9 Å². The topological polar surface area (TPSA) is 50.2 Å². The van der Waals surface area contributed by atoms with E-state index in [4.69, 9.17) is 5.11 Å². The number of carboxylic acid groups (broad SMARTS) is 1. The lowest BCUT2D eigenvalue weighted by atomic mass is 10.4. The minimum absolute atomic E-state index is 0.288. The van der Waals surface area contributed by atoms with E-state index in [0.29, 0.717) is 5.75 Å². The number of carbonyl (C=O) groups is 1. The Hall–Kier alpha value is -0.850. The summed E-state index contributed by atoms with van der Waals surface area (Å²) in [7, 11) is 0. The van der Waals surface area contributed by atoms with Crippen LogP contribution in [0.1, 0.15) is 14.7 Å². The smallest absolute Gasteiger partial charge is 0.347 e. The first-order valence-electron chi connectivity index (χ1n) is 4.71. The molecular weight excluding hydrogens is 322 g/mol. The van der Waals surface area contributed by atoms with Crippen LogP contribution in [0.3, 0.4) is 0 Å². The van der Waals surface area contributed by atoms with Crippen molar-refractivity contribution in [1.29, 1.82) is 0 Å². The molecule has 0 fully saturated rings. The Kier molecular flexibility index (Phi) is 4.20. The van der Waals surface area contributed by atoms with Crippen LogP contribution in [0.15, 0.2) is 39.8 Å². The van der Waals surface area contributed by atoms with Gasteiger partial charge in [-0.3, -0.25) is 0 Å². The normalized spacial score (nSPS) is 10.4. The van der Waals surface area contributed by atoms with Gasteiger partial charge >= 0.3 is 5.97 Å². The van der Waals surface area contributed by atoms with E-state index < -0.39 is 5.97 Å². The van der Waals surface area contributed by atoms with Crippen molar-refractivity contribution in [1.82, 2.24) is 4.98 Å². The number of aromatic carboxylic acids is 1. The standard InChI is InChI=1S/C11H8BrNO2S2/c12-7-1-3-8(4-2-7)16-6-10-13-5-9(17-10)11(14)15/h1-5H,6H2,(H,14,15). The minimum atomic E-state index is -0.914. The Labute approximate surface area is 115 Å². The largest absolute Gasteiger partial charge is 0.477 e. The zero-order valence-electron chi connectivity index (χ0n) is 8.59. The van der Waals surface area contributed by atoms with Crippen molar-refractivity contribution in [3.63, 3.8) is 0 Å². The highest BCUT2D eigenvalue weighted by molar-refractivity contribution is 9.10. The fourth-order valence-corrected chi connectivity index (χ4v) is 3.07. The molecule has 3 nitrogen and oxygen atoms in total. The van der Waals surface area contributed by atoms with Gasteiger partial charge in [-0.25, -0.2) is 9.78 Å². The highest BCUT2D eigenvalue weighted by Gasteiger charge is 2.08. The number of aromatic nitrogens is 1. The van der Waals surface area contributed by atoms with Gasteiger partial charge in [0.15, 0.2) is 0 Å². The zero-order chi connectivity index (χ0) is 12.3. The molecule has 1 aromatic carbocycles. The average molecular weight is 330 g/mol. The van der Waals surface area contributed by atoms with Crippen LogP contribution in [0.25, 0.3) is 0 Å².